The van der Waals surface area contributed by atoms with Gasteiger partial charge in [-0.05, 0) is 54.4 Å². The third kappa shape index (κ3) is 4.85. The summed E-state index contributed by atoms with van der Waals surface area (Å²) in [4.78, 5) is 16.3. The molecule has 0 fully saturated rings. The molecule has 0 saturated heterocycles. The first-order chi connectivity index (χ1) is 15.4. The number of carbonyl (C=O) groups excluding carboxylic acids is 1. The van der Waals surface area contributed by atoms with Crippen LogP contribution in [0.5, 0.6) is 0 Å². The second kappa shape index (κ2) is 9.05. The number of pyridine rings is 1. The van der Waals surface area contributed by atoms with E-state index in [4.69, 9.17) is 0 Å². The van der Waals surface area contributed by atoms with Crippen molar-refractivity contribution >= 4 is 5.91 Å². The molecule has 0 atom stereocenters. The summed E-state index contributed by atoms with van der Waals surface area (Å²) in [6.07, 6.45) is -0.921. The summed E-state index contributed by atoms with van der Waals surface area (Å²) in [6.45, 7) is 0.455. The van der Waals surface area contributed by atoms with Gasteiger partial charge in [0.25, 0.3) is 5.91 Å². The number of halogens is 3. The van der Waals surface area contributed by atoms with Crippen LogP contribution in [0.15, 0.2) is 85.2 Å². The van der Waals surface area contributed by atoms with E-state index in [1.165, 1.54) is 36.7 Å². The van der Waals surface area contributed by atoms with Gasteiger partial charge < -0.3 is 5.32 Å². The topological polar surface area (TPSA) is 59.8 Å². The number of nitrogens with one attached hydrogen (secondary N) is 1. The molecule has 0 spiro atoms. The maximum atomic E-state index is 13.6. The van der Waals surface area contributed by atoms with Crippen LogP contribution in [0.2, 0.25) is 0 Å². The van der Waals surface area contributed by atoms with E-state index in [9.17, 15) is 18.0 Å². The maximum Gasteiger partial charge on any atom is 0.433 e. The van der Waals surface area contributed by atoms with Gasteiger partial charge in [0.1, 0.15) is 5.69 Å². The fourth-order valence-corrected chi connectivity index (χ4v) is 3.26. The van der Waals surface area contributed by atoms with Gasteiger partial charge in [-0.25, -0.2) is 4.68 Å². The van der Waals surface area contributed by atoms with E-state index >= 15 is 0 Å². The van der Waals surface area contributed by atoms with Crippen LogP contribution in [-0.4, -0.2) is 27.2 Å². The zero-order valence-electron chi connectivity index (χ0n) is 16.9. The predicted octanol–water partition coefficient (Wildman–Crippen LogP) is 4.93. The molecular formula is C24H19F3N4O. The molecule has 32 heavy (non-hydrogen) atoms. The van der Waals surface area contributed by atoms with Crippen LogP contribution in [0.1, 0.15) is 21.6 Å². The molecule has 5 nitrogen and oxygen atoms in total. The van der Waals surface area contributed by atoms with Crippen LogP contribution in [-0.2, 0) is 12.6 Å². The molecule has 1 N–H and O–H groups in total. The van der Waals surface area contributed by atoms with Crippen molar-refractivity contribution in [1.82, 2.24) is 20.1 Å². The Hall–Kier alpha value is -3.94. The van der Waals surface area contributed by atoms with Gasteiger partial charge in [-0.3, -0.25) is 9.78 Å². The Morgan fingerprint density at radius 2 is 1.72 bits per heavy atom. The Morgan fingerprint density at radius 1 is 0.969 bits per heavy atom. The lowest BCUT2D eigenvalue weighted by molar-refractivity contribution is -0.142. The summed E-state index contributed by atoms with van der Waals surface area (Å²) >= 11 is 0. The standard InChI is InChI=1S/C24H19F3N4O/c25-24(26,27)22-15-21(19-7-4-13-28-16-19)30-31(22)20-10-8-18(9-11-20)23(32)29-14-12-17-5-2-1-3-6-17/h1-11,13,15-16H,12,14H2,(H,29,32). The Labute approximate surface area is 182 Å². The minimum absolute atomic E-state index is 0.160. The summed E-state index contributed by atoms with van der Waals surface area (Å²) in [5.74, 6) is -0.292. The summed E-state index contributed by atoms with van der Waals surface area (Å²) < 4.78 is 41.7. The molecule has 1 amide bonds. The van der Waals surface area contributed by atoms with Gasteiger partial charge in [-0.2, -0.15) is 18.3 Å². The molecule has 0 aliphatic heterocycles. The third-order valence-corrected chi connectivity index (χ3v) is 4.87. The normalized spacial score (nSPS) is 11.3. The first kappa shape index (κ1) is 21.3. The molecule has 0 aliphatic carbocycles. The summed E-state index contributed by atoms with van der Waals surface area (Å²) in [5.41, 5.74) is 1.39. The van der Waals surface area contributed by atoms with Crippen molar-refractivity contribution in [3.63, 3.8) is 0 Å². The molecule has 162 valence electrons. The average Bonchev–Trinajstić information content (AvgIpc) is 3.27. The second-order valence-electron chi connectivity index (χ2n) is 7.10. The molecule has 2 heterocycles. The first-order valence-corrected chi connectivity index (χ1v) is 9.92. The third-order valence-electron chi connectivity index (χ3n) is 4.87. The number of aromatic nitrogens is 3. The second-order valence-corrected chi connectivity index (χ2v) is 7.10. The largest absolute Gasteiger partial charge is 0.433 e. The number of amides is 1. The van der Waals surface area contributed by atoms with Gasteiger partial charge in [-0.1, -0.05) is 30.3 Å². The van der Waals surface area contributed by atoms with Crippen molar-refractivity contribution in [1.29, 1.82) is 0 Å². The van der Waals surface area contributed by atoms with Crippen LogP contribution in [0.25, 0.3) is 16.9 Å². The Bertz CT molecular complexity index is 1190. The minimum atomic E-state index is -4.60. The SMILES string of the molecule is O=C(NCCc1ccccc1)c1ccc(-n2nc(-c3cccnc3)cc2C(F)(F)F)cc1. The first-order valence-electron chi connectivity index (χ1n) is 9.92. The Kier molecular flexibility index (Phi) is 6.02. The molecule has 8 heteroatoms. The van der Waals surface area contributed by atoms with Crippen molar-refractivity contribution in [3.05, 3.63) is 102 Å². The smallest absolute Gasteiger partial charge is 0.352 e. The van der Waals surface area contributed by atoms with Crippen LogP contribution in [0.4, 0.5) is 13.2 Å². The zero-order chi connectivity index (χ0) is 22.6. The van der Waals surface area contributed by atoms with Crippen molar-refractivity contribution in [2.45, 2.75) is 12.6 Å². The highest BCUT2D eigenvalue weighted by molar-refractivity contribution is 5.94. The lowest BCUT2D eigenvalue weighted by Crippen LogP contribution is -2.25. The molecule has 0 saturated carbocycles. The maximum absolute atomic E-state index is 13.6. The van der Waals surface area contributed by atoms with Crippen LogP contribution < -0.4 is 5.32 Å². The summed E-state index contributed by atoms with van der Waals surface area (Å²) in [7, 11) is 0. The highest BCUT2D eigenvalue weighted by Crippen LogP contribution is 2.34. The molecule has 4 rings (SSSR count). The van der Waals surface area contributed by atoms with E-state index in [-0.39, 0.29) is 17.3 Å². The highest BCUT2D eigenvalue weighted by atomic mass is 19.4. The molecular weight excluding hydrogens is 417 g/mol. The molecule has 0 aliphatic rings. The number of benzene rings is 2. The van der Waals surface area contributed by atoms with Crippen molar-refractivity contribution in [3.8, 4) is 16.9 Å². The number of hydrogen-bond acceptors (Lipinski definition) is 3. The average molecular weight is 436 g/mol. The molecule has 0 unspecified atom stereocenters. The van der Waals surface area contributed by atoms with Crippen molar-refractivity contribution in [2.24, 2.45) is 0 Å². The van der Waals surface area contributed by atoms with E-state index in [0.29, 0.717) is 24.1 Å². The Morgan fingerprint density at radius 3 is 2.38 bits per heavy atom. The van der Waals surface area contributed by atoms with E-state index in [1.807, 2.05) is 30.3 Å². The van der Waals surface area contributed by atoms with Crippen LogP contribution in [0.3, 0.4) is 0 Å². The van der Waals surface area contributed by atoms with Crippen LogP contribution >= 0.6 is 0 Å². The summed E-state index contributed by atoms with van der Waals surface area (Å²) in [5, 5.41) is 6.95. The van der Waals surface area contributed by atoms with Gasteiger partial charge in [0.2, 0.25) is 0 Å². The quantitative estimate of drug-likeness (QED) is 0.467. The Balaban J connectivity index is 1.52. The lowest BCUT2D eigenvalue weighted by Gasteiger charge is -2.11. The fourth-order valence-electron chi connectivity index (χ4n) is 3.26. The monoisotopic (exact) mass is 436 g/mol. The van der Waals surface area contributed by atoms with Gasteiger partial charge >= 0.3 is 6.18 Å². The molecule has 4 aromatic rings. The molecule has 2 aromatic carbocycles. The number of hydrogen-bond donors (Lipinski definition) is 1. The van der Waals surface area contributed by atoms with E-state index in [1.54, 1.807) is 12.1 Å². The van der Waals surface area contributed by atoms with Crippen molar-refractivity contribution < 1.29 is 18.0 Å². The number of alkyl halides is 3. The number of nitrogens with zero attached hydrogens (tertiary/aromatic N) is 3. The highest BCUT2D eigenvalue weighted by Gasteiger charge is 2.36. The lowest BCUT2D eigenvalue weighted by atomic mass is 10.1. The van der Waals surface area contributed by atoms with Crippen molar-refractivity contribution in [2.75, 3.05) is 6.54 Å². The number of rotatable bonds is 6. The van der Waals surface area contributed by atoms with Gasteiger partial charge in [0.05, 0.1) is 11.4 Å². The summed E-state index contributed by atoms with van der Waals surface area (Å²) in [6, 6.07) is 19.9. The van der Waals surface area contributed by atoms with E-state index < -0.39 is 11.9 Å². The molecule has 0 radical (unpaired) electrons. The van der Waals surface area contributed by atoms with E-state index in [0.717, 1.165) is 16.3 Å². The van der Waals surface area contributed by atoms with Crippen LogP contribution in [0, 0.1) is 0 Å². The zero-order valence-corrected chi connectivity index (χ0v) is 16.9. The minimum Gasteiger partial charge on any atom is -0.352 e. The van der Waals surface area contributed by atoms with Gasteiger partial charge in [-0.15, -0.1) is 0 Å². The molecule has 2 aromatic heterocycles. The van der Waals surface area contributed by atoms with E-state index in [2.05, 4.69) is 15.4 Å². The fraction of sp³-hybridized carbons (Fsp3) is 0.125. The van der Waals surface area contributed by atoms with Gasteiger partial charge in [0, 0.05) is 30.1 Å². The number of carbonyl (C=O) groups is 1. The van der Waals surface area contributed by atoms with Gasteiger partial charge in [0.15, 0.2) is 0 Å². The molecule has 0 bridgehead atoms. The predicted molar refractivity (Wildman–Crippen MR) is 114 cm³/mol.